The molecule has 0 radical (unpaired) electrons. The minimum Gasteiger partial charge on any atom is -0.452 e. The first kappa shape index (κ1) is 19.6. The Morgan fingerprint density at radius 2 is 2.08 bits per heavy atom. The van der Waals surface area contributed by atoms with E-state index < -0.39 is 18.5 Å². The first-order valence-electron chi connectivity index (χ1n) is 8.16. The van der Waals surface area contributed by atoms with E-state index >= 15 is 0 Å². The molecule has 0 spiro atoms. The summed E-state index contributed by atoms with van der Waals surface area (Å²) in [7, 11) is 0. The van der Waals surface area contributed by atoms with E-state index in [-0.39, 0.29) is 18.0 Å². The summed E-state index contributed by atoms with van der Waals surface area (Å²) in [5.74, 6) is -1.31. The fourth-order valence-corrected chi connectivity index (χ4v) is 2.74. The minimum absolute atomic E-state index is 0.0790. The van der Waals surface area contributed by atoms with E-state index in [0.29, 0.717) is 13.1 Å². The molecule has 0 aliphatic heterocycles. The molecular weight excluding hydrogens is 354 g/mol. The molecule has 0 unspecified atom stereocenters. The maximum atomic E-state index is 12.2. The Labute approximate surface area is 156 Å². The van der Waals surface area contributed by atoms with Gasteiger partial charge < -0.3 is 15.0 Å². The topological polar surface area (TPSA) is 88.6 Å². The van der Waals surface area contributed by atoms with Crippen molar-refractivity contribution in [3.8, 4) is 0 Å². The molecule has 0 aliphatic rings. The molecule has 0 saturated carbocycles. The van der Waals surface area contributed by atoms with E-state index in [1.807, 2.05) is 17.5 Å². The zero-order chi connectivity index (χ0) is 18.9. The summed E-state index contributed by atoms with van der Waals surface area (Å²) in [4.78, 5) is 42.5. The first-order valence-corrected chi connectivity index (χ1v) is 9.04. The van der Waals surface area contributed by atoms with Crippen LogP contribution < -0.4 is 5.32 Å². The second kappa shape index (κ2) is 9.67. The maximum Gasteiger partial charge on any atom is 0.340 e. The summed E-state index contributed by atoms with van der Waals surface area (Å²) in [5, 5.41) is 4.69. The van der Waals surface area contributed by atoms with Crippen LogP contribution in [-0.2, 0) is 20.9 Å². The number of nitrogens with one attached hydrogen (secondary N) is 1. The molecule has 2 rings (SSSR count). The average molecular weight is 375 g/mol. The van der Waals surface area contributed by atoms with Crippen LogP contribution in [0.4, 0.5) is 0 Å². The number of aryl methyl sites for hydroxylation is 1. The van der Waals surface area contributed by atoms with Crippen molar-refractivity contribution < 1.29 is 19.1 Å². The molecular formula is C18H21N3O4S. The minimum atomic E-state index is -0.621. The van der Waals surface area contributed by atoms with Gasteiger partial charge in [-0.25, -0.2) is 4.79 Å². The number of pyridine rings is 1. The lowest BCUT2D eigenvalue weighted by Gasteiger charge is -2.20. The van der Waals surface area contributed by atoms with Gasteiger partial charge in [0.1, 0.15) is 0 Å². The van der Waals surface area contributed by atoms with Gasteiger partial charge in [-0.15, -0.1) is 11.3 Å². The van der Waals surface area contributed by atoms with Crippen LogP contribution in [0.5, 0.6) is 0 Å². The van der Waals surface area contributed by atoms with Gasteiger partial charge >= 0.3 is 5.97 Å². The summed E-state index contributed by atoms with van der Waals surface area (Å²) >= 11 is 1.55. The monoisotopic (exact) mass is 375 g/mol. The Morgan fingerprint density at radius 1 is 1.27 bits per heavy atom. The van der Waals surface area contributed by atoms with Gasteiger partial charge in [0, 0.05) is 23.3 Å². The molecule has 2 amide bonds. The Bertz CT molecular complexity index is 744. The fraction of sp³-hybridized carbons (Fsp3) is 0.333. The van der Waals surface area contributed by atoms with Crippen molar-refractivity contribution in [3.63, 3.8) is 0 Å². The molecule has 7 nitrogen and oxygen atoms in total. The van der Waals surface area contributed by atoms with Crippen LogP contribution in [0.1, 0.15) is 27.9 Å². The van der Waals surface area contributed by atoms with E-state index in [1.54, 1.807) is 37.3 Å². The summed E-state index contributed by atoms with van der Waals surface area (Å²) < 4.78 is 5.01. The number of aromatic nitrogens is 1. The number of nitrogens with zero attached hydrogens (tertiary/aromatic N) is 2. The predicted octanol–water partition coefficient (Wildman–Crippen LogP) is 1.77. The van der Waals surface area contributed by atoms with Crippen LogP contribution in [-0.4, -0.2) is 47.4 Å². The van der Waals surface area contributed by atoms with Crippen molar-refractivity contribution >= 4 is 29.1 Å². The average Bonchev–Trinajstić information content (AvgIpc) is 3.16. The molecule has 0 saturated heterocycles. The van der Waals surface area contributed by atoms with E-state index in [9.17, 15) is 14.4 Å². The van der Waals surface area contributed by atoms with E-state index in [0.717, 1.165) is 10.6 Å². The lowest BCUT2D eigenvalue weighted by molar-refractivity contribution is -0.138. The van der Waals surface area contributed by atoms with E-state index in [1.165, 1.54) is 11.1 Å². The number of carbonyl (C=O) groups excluding carboxylic acids is 3. The number of likely N-dealkylation sites (N-methyl/N-ethyl adjacent to an activating group) is 1. The second-order valence-corrected chi connectivity index (χ2v) is 6.56. The zero-order valence-electron chi connectivity index (χ0n) is 14.7. The van der Waals surface area contributed by atoms with Crippen LogP contribution in [0.15, 0.2) is 35.8 Å². The number of hydrogen-bond donors (Lipinski definition) is 1. The highest BCUT2D eigenvalue weighted by atomic mass is 32.1. The Hall–Kier alpha value is -2.74. The normalized spacial score (nSPS) is 10.2. The number of esters is 1. The lowest BCUT2D eigenvalue weighted by atomic mass is 10.2. The molecule has 2 aromatic heterocycles. The molecule has 26 heavy (non-hydrogen) atoms. The second-order valence-electron chi connectivity index (χ2n) is 5.53. The van der Waals surface area contributed by atoms with Gasteiger partial charge in [0.15, 0.2) is 6.61 Å². The molecule has 0 fully saturated rings. The predicted molar refractivity (Wildman–Crippen MR) is 97.7 cm³/mol. The van der Waals surface area contributed by atoms with Crippen LogP contribution >= 0.6 is 11.3 Å². The maximum absolute atomic E-state index is 12.2. The molecule has 2 heterocycles. The van der Waals surface area contributed by atoms with Gasteiger partial charge in [0.25, 0.3) is 5.91 Å². The molecule has 0 aliphatic carbocycles. The van der Waals surface area contributed by atoms with Crippen molar-refractivity contribution in [2.24, 2.45) is 0 Å². The van der Waals surface area contributed by atoms with E-state index in [4.69, 9.17) is 4.74 Å². The van der Waals surface area contributed by atoms with Gasteiger partial charge in [-0.05, 0) is 37.4 Å². The van der Waals surface area contributed by atoms with Crippen LogP contribution in [0.2, 0.25) is 0 Å². The number of thiophene rings is 1. The fourth-order valence-electron chi connectivity index (χ4n) is 2.09. The highest BCUT2D eigenvalue weighted by Gasteiger charge is 2.18. The molecule has 138 valence electrons. The molecule has 0 atom stereocenters. The van der Waals surface area contributed by atoms with Crippen LogP contribution in [0.3, 0.4) is 0 Å². The molecule has 0 bridgehead atoms. The smallest absolute Gasteiger partial charge is 0.340 e. The van der Waals surface area contributed by atoms with Crippen LogP contribution in [0.25, 0.3) is 0 Å². The number of hydrogen-bond acceptors (Lipinski definition) is 6. The highest BCUT2D eigenvalue weighted by Crippen LogP contribution is 2.07. The largest absolute Gasteiger partial charge is 0.452 e. The summed E-state index contributed by atoms with van der Waals surface area (Å²) in [6.07, 6.45) is 1.40. The Morgan fingerprint density at radius 3 is 2.69 bits per heavy atom. The third-order valence-electron chi connectivity index (χ3n) is 3.58. The SMILES string of the molecule is CCN(CC(=O)NCc1cccs1)C(=O)COC(=O)c1ccc(C)nc1. The van der Waals surface area contributed by atoms with Crippen molar-refractivity contribution in [3.05, 3.63) is 52.0 Å². The molecule has 8 heteroatoms. The van der Waals surface area contributed by atoms with Crippen molar-refractivity contribution in [2.75, 3.05) is 19.7 Å². The molecule has 0 aromatic carbocycles. The van der Waals surface area contributed by atoms with Crippen LogP contribution in [0, 0.1) is 6.92 Å². The van der Waals surface area contributed by atoms with Crippen molar-refractivity contribution in [1.82, 2.24) is 15.2 Å². The van der Waals surface area contributed by atoms with Crippen molar-refractivity contribution in [1.29, 1.82) is 0 Å². The first-order chi connectivity index (χ1) is 12.5. The number of carbonyl (C=O) groups is 3. The standard InChI is InChI=1S/C18H21N3O4S/c1-3-21(11-16(22)20-10-15-5-4-8-26-15)17(23)12-25-18(24)14-7-6-13(2)19-9-14/h4-9H,3,10-12H2,1-2H3,(H,20,22). The molecule has 1 N–H and O–H groups in total. The van der Waals surface area contributed by atoms with Gasteiger partial charge in [0.05, 0.1) is 18.7 Å². The quantitative estimate of drug-likeness (QED) is 0.711. The number of ether oxygens (including phenoxy) is 1. The summed E-state index contributed by atoms with van der Waals surface area (Å²) in [6.45, 7) is 3.84. The highest BCUT2D eigenvalue weighted by molar-refractivity contribution is 7.09. The number of rotatable bonds is 8. The van der Waals surface area contributed by atoms with Gasteiger partial charge in [-0.3, -0.25) is 14.6 Å². The third-order valence-corrected chi connectivity index (χ3v) is 4.46. The number of amides is 2. The van der Waals surface area contributed by atoms with Gasteiger partial charge in [0.2, 0.25) is 5.91 Å². The van der Waals surface area contributed by atoms with Gasteiger partial charge in [-0.1, -0.05) is 6.07 Å². The van der Waals surface area contributed by atoms with Crippen molar-refractivity contribution in [2.45, 2.75) is 20.4 Å². The van der Waals surface area contributed by atoms with Gasteiger partial charge in [-0.2, -0.15) is 0 Å². The Kier molecular flexibility index (Phi) is 7.28. The third kappa shape index (κ3) is 5.96. The lowest BCUT2D eigenvalue weighted by Crippen LogP contribution is -2.42. The molecule has 2 aromatic rings. The summed E-state index contributed by atoms with van der Waals surface area (Å²) in [5.41, 5.74) is 1.06. The zero-order valence-corrected chi connectivity index (χ0v) is 15.5. The van der Waals surface area contributed by atoms with E-state index in [2.05, 4.69) is 10.3 Å². The Balaban J connectivity index is 1.78. The summed E-state index contributed by atoms with van der Waals surface area (Å²) in [6, 6.07) is 7.11.